The van der Waals surface area contributed by atoms with Gasteiger partial charge in [-0.2, -0.15) is 5.10 Å². The van der Waals surface area contributed by atoms with Gasteiger partial charge in [0.25, 0.3) is 5.56 Å². The van der Waals surface area contributed by atoms with Crippen LogP contribution in [0.3, 0.4) is 0 Å². The van der Waals surface area contributed by atoms with Gasteiger partial charge in [-0.3, -0.25) is 14.0 Å². The summed E-state index contributed by atoms with van der Waals surface area (Å²) in [6.45, 7) is 1.69. The molecular formula is C22H20N4O3. The molecule has 1 amide bonds. The minimum Gasteiger partial charge on any atom is -0.440 e. The maximum atomic E-state index is 13.7. The predicted octanol–water partition coefficient (Wildman–Crippen LogP) is 3.55. The number of carbonyl (C=O) groups is 1. The van der Waals surface area contributed by atoms with Gasteiger partial charge in [-0.15, -0.1) is 0 Å². The van der Waals surface area contributed by atoms with Gasteiger partial charge in [0.15, 0.2) is 0 Å². The topological polar surface area (TPSA) is 92.1 Å². The fourth-order valence-electron chi connectivity index (χ4n) is 3.56. The lowest BCUT2D eigenvalue weighted by Gasteiger charge is -2.20. The lowest BCUT2D eigenvalue weighted by molar-refractivity contribution is 0.113. The quantitative estimate of drug-likeness (QED) is 0.579. The smallest absolute Gasteiger partial charge is 0.405 e. The molecule has 0 saturated heterocycles. The number of hydrogen-bond acceptors (Lipinski definition) is 4. The normalized spacial score (nSPS) is 12.1. The molecule has 2 aromatic carbocycles. The van der Waals surface area contributed by atoms with Crippen LogP contribution >= 0.6 is 0 Å². The summed E-state index contributed by atoms with van der Waals surface area (Å²) in [5.74, 6) is 0. The van der Waals surface area contributed by atoms with E-state index in [1.807, 2.05) is 67.8 Å². The maximum absolute atomic E-state index is 13.7. The molecular weight excluding hydrogens is 368 g/mol. The zero-order valence-electron chi connectivity index (χ0n) is 16.1. The van der Waals surface area contributed by atoms with Crippen molar-refractivity contribution in [3.63, 3.8) is 0 Å². The number of ether oxygens (including phenoxy) is 1. The summed E-state index contributed by atoms with van der Waals surface area (Å²) >= 11 is 0. The second kappa shape index (κ2) is 7.27. The van der Waals surface area contributed by atoms with E-state index in [-0.39, 0.29) is 5.56 Å². The molecule has 2 N–H and O–H groups in total. The fraction of sp³-hybridized carbons (Fsp3) is 0.136. The second-order valence-corrected chi connectivity index (χ2v) is 6.80. The highest BCUT2D eigenvalue weighted by atomic mass is 16.6. The Bertz CT molecular complexity index is 1260. The number of amides is 1. The van der Waals surface area contributed by atoms with Crippen LogP contribution in [0.4, 0.5) is 4.79 Å². The molecule has 2 heterocycles. The summed E-state index contributed by atoms with van der Waals surface area (Å²) < 4.78 is 8.45. The third kappa shape index (κ3) is 3.38. The average molecular weight is 388 g/mol. The molecule has 29 heavy (non-hydrogen) atoms. The first-order valence-electron chi connectivity index (χ1n) is 9.15. The third-order valence-corrected chi connectivity index (χ3v) is 4.81. The van der Waals surface area contributed by atoms with Gasteiger partial charge in [0, 0.05) is 24.5 Å². The number of nitrogens with two attached hydrogens (primary N) is 1. The zero-order valence-corrected chi connectivity index (χ0v) is 16.1. The highest BCUT2D eigenvalue weighted by Crippen LogP contribution is 2.29. The van der Waals surface area contributed by atoms with Crippen LogP contribution in [-0.2, 0) is 11.8 Å². The highest BCUT2D eigenvalue weighted by molar-refractivity contribution is 5.96. The standard InChI is InChI=1S/C22H20N4O3/c1-14(29-22(23)28)19-11-15-7-6-10-18(16-12-24-25(2)13-16)20(15)21(27)26(19)17-8-4-3-5-9-17/h3-14H,1-2H3,(H2,23,28)/t14-/m0/s1. The van der Waals surface area contributed by atoms with Gasteiger partial charge in [-0.05, 0) is 36.1 Å². The van der Waals surface area contributed by atoms with Gasteiger partial charge < -0.3 is 10.5 Å². The number of rotatable bonds is 4. The van der Waals surface area contributed by atoms with Crippen molar-refractivity contribution in [3.8, 4) is 16.8 Å². The van der Waals surface area contributed by atoms with Gasteiger partial charge in [0.2, 0.25) is 0 Å². The first-order chi connectivity index (χ1) is 14.0. The van der Waals surface area contributed by atoms with Gasteiger partial charge >= 0.3 is 6.09 Å². The number of primary amides is 1. The van der Waals surface area contributed by atoms with Gasteiger partial charge in [-0.1, -0.05) is 36.4 Å². The molecule has 1 atom stereocenters. The van der Waals surface area contributed by atoms with Crippen molar-refractivity contribution in [3.05, 3.63) is 83.0 Å². The summed E-state index contributed by atoms with van der Waals surface area (Å²) in [5.41, 5.74) is 7.87. The van der Waals surface area contributed by atoms with Gasteiger partial charge in [0.05, 0.1) is 17.3 Å². The number of nitrogens with zero attached hydrogens (tertiary/aromatic N) is 3. The van der Waals surface area contributed by atoms with Crippen molar-refractivity contribution in [2.45, 2.75) is 13.0 Å². The van der Waals surface area contributed by atoms with E-state index < -0.39 is 12.2 Å². The molecule has 146 valence electrons. The molecule has 0 unspecified atom stereocenters. The molecule has 0 bridgehead atoms. The van der Waals surface area contributed by atoms with Crippen LogP contribution in [0.15, 0.2) is 71.8 Å². The Hall–Kier alpha value is -3.87. The number of aromatic nitrogens is 3. The van der Waals surface area contributed by atoms with E-state index in [0.717, 1.165) is 16.5 Å². The minimum atomic E-state index is -0.895. The van der Waals surface area contributed by atoms with Crippen LogP contribution in [0.1, 0.15) is 18.7 Å². The van der Waals surface area contributed by atoms with Crippen LogP contribution in [0.5, 0.6) is 0 Å². The molecule has 7 nitrogen and oxygen atoms in total. The molecule has 0 saturated carbocycles. The molecule has 4 aromatic rings. The van der Waals surface area contributed by atoms with E-state index in [1.54, 1.807) is 22.4 Å². The zero-order chi connectivity index (χ0) is 20.5. The Kier molecular flexibility index (Phi) is 4.64. The number of pyridine rings is 1. The molecule has 0 fully saturated rings. The number of fused-ring (bicyclic) bond motifs is 1. The Morgan fingerprint density at radius 2 is 1.90 bits per heavy atom. The number of carbonyl (C=O) groups excluding carboxylic acids is 1. The molecule has 7 heteroatoms. The highest BCUT2D eigenvalue weighted by Gasteiger charge is 2.20. The van der Waals surface area contributed by atoms with Gasteiger partial charge in [-0.25, -0.2) is 4.79 Å². The fourth-order valence-corrected chi connectivity index (χ4v) is 3.56. The van der Waals surface area contributed by atoms with Crippen molar-refractivity contribution in [2.24, 2.45) is 12.8 Å². The van der Waals surface area contributed by atoms with Crippen LogP contribution in [0.2, 0.25) is 0 Å². The second-order valence-electron chi connectivity index (χ2n) is 6.80. The lowest BCUT2D eigenvalue weighted by Crippen LogP contribution is -2.26. The molecule has 0 aliphatic carbocycles. The number of benzene rings is 2. The van der Waals surface area contributed by atoms with Crippen LogP contribution in [0.25, 0.3) is 27.6 Å². The van der Waals surface area contributed by atoms with E-state index in [2.05, 4.69) is 5.10 Å². The monoisotopic (exact) mass is 388 g/mol. The summed E-state index contributed by atoms with van der Waals surface area (Å²) in [5, 5.41) is 5.54. The van der Waals surface area contributed by atoms with Crippen LogP contribution in [0, 0.1) is 0 Å². The van der Waals surface area contributed by atoms with E-state index in [4.69, 9.17) is 10.5 Å². The summed E-state index contributed by atoms with van der Waals surface area (Å²) in [4.78, 5) is 25.0. The molecule has 0 aliphatic rings. The number of aryl methyl sites for hydroxylation is 1. The molecule has 0 aliphatic heterocycles. The van der Waals surface area contributed by atoms with Crippen molar-refractivity contribution in [1.82, 2.24) is 14.3 Å². The summed E-state index contributed by atoms with van der Waals surface area (Å²) in [6, 6.07) is 16.8. The van der Waals surface area contributed by atoms with Crippen molar-refractivity contribution >= 4 is 16.9 Å². The van der Waals surface area contributed by atoms with E-state index >= 15 is 0 Å². The Labute approximate surface area is 167 Å². The van der Waals surface area contributed by atoms with Crippen molar-refractivity contribution in [2.75, 3.05) is 0 Å². The lowest BCUT2D eigenvalue weighted by atomic mass is 10.00. The summed E-state index contributed by atoms with van der Waals surface area (Å²) in [6.07, 6.45) is 2.00. The largest absolute Gasteiger partial charge is 0.440 e. The number of hydrogen-bond donors (Lipinski definition) is 1. The van der Waals surface area contributed by atoms with E-state index in [1.165, 1.54) is 0 Å². The van der Waals surface area contributed by atoms with E-state index in [9.17, 15) is 9.59 Å². The minimum absolute atomic E-state index is 0.205. The molecule has 0 radical (unpaired) electrons. The third-order valence-electron chi connectivity index (χ3n) is 4.81. The predicted molar refractivity (Wildman–Crippen MR) is 111 cm³/mol. The Morgan fingerprint density at radius 1 is 1.14 bits per heavy atom. The first kappa shape index (κ1) is 18.5. The Morgan fingerprint density at radius 3 is 2.55 bits per heavy atom. The maximum Gasteiger partial charge on any atom is 0.405 e. The SMILES string of the molecule is C[C@H](OC(N)=O)c1cc2cccc(-c3cnn(C)c3)c2c(=O)n1-c1ccccc1. The number of para-hydroxylation sites is 1. The van der Waals surface area contributed by atoms with Crippen LogP contribution in [-0.4, -0.2) is 20.4 Å². The summed E-state index contributed by atoms with van der Waals surface area (Å²) in [7, 11) is 1.83. The molecule has 4 rings (SSSR count). The van der Waals surface area contributed by atoms with E-state index in [0.29, 0.717) is 16.8 Å². The molecule has 0 spiro atoms. The van der Waals surface area contributed by atoms with Gasteiger partial charge in [0.1, 0.15) is 6.10 Å². The average Bonchev–Trinajstić information content (AvgIpc) is 3.13. The van der Waals surface area contributed by atoms with Crippen molar-refractivity contribution < 1.29 is 9.53 Å². The van der Waals surface area contributed by atoms with Crippen molar-refractivity contribution in [1.29, 1.82) is 0 Å². The molecule has 2 aromatic heterocycles. The first-order valence-corrected chi connectivity index (χ1v) is 9.15. The van der Waals surface area contributed by atoms with Crippen LogP contribution < -0.4 is 11.3 Å². The Balaban J connectivity index is 2.06.